The fraction of sp³-hybridized carbons (Fsp3) is 0.190. The molecule has 3 aromatic rings. The summed E-state index contributed by atoms with van der Waals surface area (Å²) in [7, 11) is 0. The molecule has 2 amide bonds. The first kappa shape index (κ1) is 22.4. The van der Waals surface area contributed by atoms with Crippen molar-refractivity contribution >= 4 is 39.9 Å². The van der Waals surface area contributed by atoms with Gasteiger partial charge in [-0.15, -0.1) is 0 Å². The fourth-order valence-electron chi connectivity index (χ4n) is 3.06. The van der Waals surface area contributed by atoms with Crippen LogP contribution in [0.1, 0.15) is 24.1 Å². The summed E-state index contributed by atoms with van der Waals surface area (Å²) >= 11 is 6.20. The molecule has 0 unspecified atom stereocenters. The van der Waals surface area contributed by atoms with Crippen LogP contribution < -0.4 is 16.6 Å². The van der Waals surface area contributed by atoms with Gasteiger partial charge in [-0.05, 0) is 42.8 Å². The second-order valence-electron chi connectivity index (χ2n) is 6.91. The van der Waals surface area contributed by atoms with Gasteiger partial charge in [-0.1, -0.05) is 23.7 Å². The molecule has 2 aromatic carbocycles. The van der Waals surface area contributed by atoms with Crippen LogP contribution in [0.2, 0.25) is 5.02 Å². The molecule has 0 aliphatic rings. The molecule has 31 heavy (non-hydrogen) atoms. The first-order valence-corrected chi connectivity index (χ1v) is 9.45. The first-order valence-electron chi connectivity index (χ1n) is 9.07. The summed E-state index contributed by atoms with van der Waals surface area (Å²) in [5.74, 6) is -1.20. The van der Waals surface area contributed by atoms with Crippen LogP contribution in [-0.2, 0) is 22.2 Å². The van der Waals surface area contributed by atoms with Gasteiger partial charge >= 0.3 is 6.18 Å². The third kappa shape index (κ3) is 4.72. The predicted octanol–water partition coefficient (Wildman–Crippen LogP) is 3.90. The molecule has 1 heterocycles. The Kier molecular flexibility index (Phi) is 6.08. The zero-order valence-corrected chi connectivity index (χ0v) is 16.9. The van der Waals surface area contributed by atoms with E-state index >= 15 is 0 Å². The Morgan fingerprint density at radius 3 is 2.32 bits per heavy atom. The van der Waals surface area contributed by atoms with Crippen LogP contribution in [0.15, 0.2) is 53.5 Å². The van der Waals surface area contributed by atoms with Gasteiger partial charge in [0.25, 0.3) is 5.56 Å². The van der Waals surface area contributed by atoms with Crippen LogP contribution in [-0.4, -0.2) is 16.4 Å². The lowest BCUT2D eigenvalue weighted by atomic mass is 10.1. The summed E-state index contributed by atoms with van der Waals surface area (Å²) in [4.78, 5) is 36.6. The number of carbonyl (C=O) groups is 2. The van der Waals surface area contributed by atoms with Crippen LogP contribution >= 0.6 is 11.6 Å². The molecule has 3 rings (SSSR count). The number of halogens is 4. The van der Waals surface area contributed by atoms with E-state index in [0.29, 0.717) is 10.9 Å². The number of carbonyl (C=O) groups excluding carboxylic acids is 2. The van der Waals surface area contributed by atoms with Crippen molar-refractivity contribution in [3.8, 4) is 0 Å². The molecule has 1 atom stereocenters. The molecule has 162 valence electrons. The number of rotatable bonds is 5. The lowest BCUT2D eigenvalue weighted by Gasteiger charge is -2.15. The zero-order chi connectivity index (χ0) is 22.9. The molecular formula is C21H17ClF3N3O3. The van der Waals surface area contributed by atoms with Crippen molar-refractivity contribution in [1.29, 1.82) is 0 Å². The summed E-state index contributed by atoms with van der Waals surface area (Å²) in [6, 6.07) is 7.79. The number of nitrogens with one attached hydrogen (secondary N) is 1. The normalized spacial score (nSPS) is 12.5. The molecule has 0 radical (unpaired) electrons. The molecule has 6 nitrogen and oxygen atoms in total. The van der Waals surface area contributed by atoms with Crippen molar-refractivity contribution in [3.63, 3.8) is 0 Å². The summed E-state index contributed by atoms with van der Waals surface area (Å²) < 4.78 is 39.2. The number of amides is 2. The van der Waals surface area contributed by atoms with Crippen molar-refractivity contribution in [2.24, 2.45) is 5.73 Å². The van der Waals surface area contributed by atoms with Gasteiger partial charge in [-0.3, -0.25) is 14.4 Å². The molecule has 0 fully saturated rings. The summed E-state index contributed by atoms with van der Waals surface area (Å²) in [6.07, 6.45) is -3.28. The molecule has 0 spiro atoms. The van der Waals surface area contributed by atoms with Crippen LogP contribution in [0.5, 0.6) is 0 Å². The number of fused-ring (bicyclic) bond motifs is 1. The van der Waals surface area contributed by atoms with Gasteiger partial charge in [-0.25, -0.2) is 0 Å². The molecule has 0 bridgehead atoms. The first-order chi connectivity index (χ1) is 14.5. The van der Waals surface area contributed by atoms with E-state index in [1.165, 1.54) is 48.0 Å². The van der Waals surface area contributed by atoms with Crippen LogP contribution in [0, 0.1) is 0 Å². The van der Waals surface area contributed by atoms with E-state index in [0.717, 1.165) is 12.1 Å². The van der Waals surface area contributed by atoms with Crippen molar-refractivity contribution < 1.29 is 22.8 Å². The number of alkyl halides is 3. The van der Waals surface area contributed by atoms with E-state index in [4.69, 9.17) is 17.3 Å². The minimum atomic E-state index is -4.46. The highest BCUT2D eigenvalue weighted by molar-refractivity contribution is 6.35. The molecule has 3 N–H and O–H groups in total. The summed E-state index contributed by atoms with van der Waals surface area (Å²) in [5.41, 5.74) is 4.53. The number of hydrogen-bond acceptors (Lipinski definition) is 3. The number of primary amides is 1. The number of hydrogen-bond donors (Lipinski definition) is 2. The third-order valence-electron chi connectivity index (χ3n) is 4.80. The average Bonchev–Trinajstić information content (AvgIpc) is 2.69. The molecular weight excluding hydrogens is 435 g/mol. The Balaban J connectivity index is 1.89. The largest absolute Gasteiger partial charge is 0.416 e. The minimum absolute atomic E-state index is 0.174. The van der Waals surface area contributed by atoms with Crippen LogP contribution in [0.25, 0.3) is 10.8 Å². The Hall–Kier alpha value is -3.33. The smallest absolute Gasteiger partial charge is 0.368 e. The van der Waals surface area contributed by atoms with Crippen molar-refractivity contribution in [1.82, 2.24) is 4.57 Å². The lowest BCUT2D eigenvalue weighted by Crippen LogP contribution is -2.31. The number of nitrogens with two attached hydrogens (primary N) is 1. The monoisotopic (exact) mass is 451 g/mol. The highest BCUT2D eigenvalue weighted by Gasteiger charge is 2.30. The SMILES string of the molecule is C[C@H](C(N)=O)n1ccc2c(NC(=O)Cc3ccc(C(F)(F)F)cc3)c(Cl)ccc2c1=O. The molecule has 0 saturated carbocycles. The maximum Gasteiger partial charge on any atom is 0.416 e. The fourth-order valence-corrected chi connectivity index (χ4v) is 3.28. The quantitative estimate of drug-likeness (QED) is 0.616. The summed E-state index contributed by atoms with van der Waals surface area (Å²) in [5, 5.41) is 3.35. The molecule has 10 heteroatoms. The number of nitrogens with zero attached hydrogens (tertiary/aromatic N) is 1. The second kappa shape index (κ2) is 8.43. The van der Waals surface area contributed by atoms with Crippen molar-refractivity contribution in [2.75, 3.05) is 5.32 Å². The van der Waals surface area contributed by atoms with Gasteiger partial charge in [-0.2, -0.15) is 13.2 Å². The van der Waals surface area contributed by atoms with E-state index in [-0.39, 0.29) is 22.5 Å². The van der Waals surface area contributed by atoms with Gasteiger partial charge in [0.1, 0.15) is 6.04 Å². The van der Waals surface area contributed by atoms with Crippen LogP contribution in [0.4, 0.5) is 18.9 Å². The number of anilines is 1. The number of benzene rings is 2. The molecule has 1 aromatic heterocycles. The van der Waals surface area contributed by atoms with Crippen molar-refractivity contribution in [2.45, 2.75) is 25.6 Å². The van der Waals surface area contributed by atoms with Crippen molar-refractivity contribution in [3.05, 3.63) is 75.2 Å². The third-order valence-corrected chi connectivity index (χ3v) is 5.12. The van der Waals surface area contributed by atoms with E-state index in [1.54, 1.807) is 0 Å². The molecule has 0 aliphatic carbocycles. The van der Waals surface area contributed by atoms with Gasteiger partial charge in [0.05, 0.1) is 22.7 Å². The standard InChI is InChI=1S/C21H17ClF3N3O3/c1-11(19(26)30)28-9-8-14-15(20(28)31)6-7-16(22)18(14)27-17(29)10-12-2-4-13(5-3-12)21(23,24)25/h2-9,11H,10H2,1H3,(H2,26,30)(H,27,29)/t11-/m1/s1. The Morgan fingerprint density at radius 1 is 1.10 bits per heavy atom. The minimum Gasteiger partial charge on any atom is -0.368 e. The van der Waals surface area contributed by atoms with Gasteiger partial charge < -0.3 is 15.6 Å². The average molecular weight is 452 g/mol. The second-order valence-corrected chi connectivity index (χ2v) is 7.32. The van der Waals surface area contributed by atoms with Crippen LogP contribution in [0.3, 0.4) is 0 Å². The molecule has 0 saturated heterocycles. The molecule has 0 aliphatic heterocycles. The highest BCUT2D eigenvalue weighted by atomic mass is 35.5. The maximum absolute atomic E-state index is 12.7. The summed E-state index contributed by atoms with van der Waals surface area (Å²) in [6.45, 7) is 1.48. The topological polar surface area (TPSA) is 94.2 Å². The predicted molar refractivity (Wildman–Crippen MR) is 111 cm³/mol. The number of aromatic nitrogens is 1. The zero-order valence-electron chi connectivity index (χ0n) is 16.2. The van der Waals surface area contributed by atoms with Gasteiger partial charge in [0.15, 0.2) is 0 Å². The maximum atomic E-state index is 12.7. The Bertz CT molecular complexity index is 1220. The van der Waals surface area contributed by atoms with Gasteiger partial charge in [0, 0.05) is 17.0 Å². The highest BCUT2D eigenvalue weighted by Crippen LogP contribution is 2.31. The van der Waals surface area contributed by atoms with Gasteiger partial charge in [0.2, 0.25) is 11.8 Å². The van der Waals surface area contributed by atoms with E-state index in [1.807, 2.05) is 0 Å². The lowest BCUT2D eigenvalue weighted by molar-refractivity contribution is -0.137. The van der Waals surface area contributed by atoms with E-state index in [9.17, 15) is 27.6 Å². The Morgan fingerprint density at radius 2 is 1.74 bits per heavy atom. The van der Waals surface area contributed by atoms with E-state index < -0.39 is 35.2 Å². The van der Waals surface area contributed by atoms with E-state index in [2.05, 4.69) is 5.32 Å². The Labute approximate surface area is 179 Å². The number of pyridine rings is 1.